The van der Waals surface area contributed by atoms with Crippen molar-refractivity contribution >= 4 is 11.9 Å². The van der Waals surface area contributed by atoms with Crippen molar-refractivity contribution in [1.29, 1.82) is 0 Å². The minimum absolute atomic E-state index is 0.0900. The zero-order valence-electron chi connectivity index (χ0n) is 27.1. The Bertz CT molecular complexity index is 1370. The van der Waals surface area contributed by atoms with E-state index in [9.17, 15) is 27.2 Å². The molecule has 0 aliphatic carbocycles. The van der Waals surface area contributed by atoms with Gasteiger partial charge >= 0.3 is 18.1 Å². The van der Waals surface area contributed by atoms with Gasteiger partial charge in [-0.2, -0.15) is 13.2 Å². The van der Waals surface area contributed by atoms with Crippen molar-refractivity contribution in [2.24, 2.45) is 0 Å². The highest BCUT2D eigenvalue weighted by Crippen LogP contribution is 2.29. The molecule has 6 nitrogen and oxygen atoms in total. The molecule has 1 atom stereocenters. The van der Waals surface area contributed by atoms with Crippen LogP contribution in [0.5, 0.6) is 11.5 Å². The standard InChI is InChI=1S/C37H44F4O6/c1-3-4-5-6-7-8-9-11-25-45-33-23-20-30(26-32(33)38)27-14-16-28(17-15-27)35(42)46-31-21-18-29(19-22-31)36(43)47-34(37(39,40)41)13-10-12-24-44-2/h14-23,26,34H,3-13,24-25H2,1-2H3/t34-/m1/s1. The van der Waals surface area contributed by atoms with Crippen LogP contribution in [-0.2, 0) is 9.47 Å². The molecule has 0 bridgehead atoms. The van der Waals surface area contributed by atoms with Gasteiger partial charge in [0.15, 0.2) is 17.7 Å². The monoisotopic (exact) mass is 660 g/mol. The maximum Gasteiger partial charge on any atom is 0.425 e. The van der Waals surface area contributed by atoms with E-state index in [0.29, 0.717) is 30.8 Å². The molecule has 3 aromatic carbocycles. The first-order valence-corrected chi connectivity index (χ1v) is 16.2. The molecule has 0 saturated heterocycles. The summed E-state index contributed by atoms with van der Waals surface area (Å²) in [7, 11) is 1.45. The van der Waals surface area contributed by atoms with Gasteiger partial charge in [-0.1, -0.05) is 70.1 Å². The van der Waals surface area contributed by atoms with E-state index in [-0.39, 0.29) is 35.5 Å². The molecule has 47 heavy (non-hydrogen) atoms. The van der Waals surface area contributed by atoms with Crippen molar-refractivity contribution in [3.05, 3.63) is 83.7 Å². The summed E-state index contributed by atoms with van der Waals surface area (Å²) in [5, 5.41) is 0. The van der Waals surface area contributed by atoms with Crippen LogP contribution in [0, 0.1) is 5.82 Å². The summed E-state index contributed by atoms with van der Waals surface area (Å²) in [6.07, 6.45) is 2.65. The number of benzene rings is 3. The number of esters is 2. The number of methoxy groups -OCH3 is 1. The second-order valence-electron chi connectivity index (χ2n) is 11.4. The Morgan fingerprint density at radius 1 is 0.702 bits per heavy atom. The number of hydrogen-bond acceptors (Lipinski definition) is 6. The van der Waals surface area contributed by atoms with E-state index in [4.69, 9.17) is 18.9 Å². The van der Waals surface area contributed by atoms with Crippen molar-refractivity contribution in [1.82, 2.24) is 0 Å². The molecule has 0 aliphatic heterocycles. The van der Waals surface area contributed by atoms with E-state index in [2.05, 4.69) is 6.92 Å². The van der Waals surface area contributed by atoms with Gasteiger partial charge in [0, 0.05) is 13.7 Å². The maximum atomic E-state index is 14.7. The number of ether oxygens (including phenoxy) is 4. The lowest BCUT2D eigenvalue weighted by atomic mass is 10.0. The molecule has 0 aliphatic rings. The fraction of sp³-hybridized carbons (Fsp3) is 0.459. The predicted octanol–water partition coefficient (Wildman–Crippen LogP) is 10.1. The van der Waals surface area contributed by atoms with Crippen molar-refractivity contribution in [3.8, 4) is 22.6 Å². The first kappa shape index (κ1) is 37.5. The molecule has 3 aromatic rings. The minimum atomic E-state index is -4.70. The fourth-order valence-corrected chi connectivity index (χ4v) is 4.90. The lowest BCUT2D eigenvalue weighted by molar-refractivity contribution is -0.206. The quantitative estimate of drug-likeness (QED) is 0.0520. The third-order valence-electron chi connectivity index (χ3n) is 7.62. The largest absolute Gasteiger partial charge is 0.491 e. The van der Waals surface area contributed by atoms with Crippen molar-refractivity contribution < 1.29 is 46.1 Å². The van der Waals surface area contributed by atoms with Crippen LogP contribution in [0.2, 0.25) is 0 Å². The van der Waals surface area contributed by atoms with E-state index in [0.717, 1.165) is 19.3 Å². The molecule has 10 heteroatoms. The Labute approximate surface area is 274 Å². The van der Waals surface area contributed by atoms with Gasteiger partial charge in [0.05, 0.1) is 17.7 Å². The first-order chi connectivity index (χ1) is 22.6. The number of unbranched alkanes of at least 4 members (excludes halogenated alkanes) is 8. The van der Waals surface area contributed by atoms with E-state index in [1.54, 1.807) is 24.3 Å². The lowest BCUT2D eigenvalue weighted by Gasteiger charge is -2.20. The fourth-order valence-electron chi connectivity index (χ4n) is 4.90. The van der Waals surface area contributed by atoms with Crippen LogP contribution < -0.4 is 9.47 Å². The van der Waals surface area contributed by atoms with Crippen molar-refractivity contribution in [2.45, 2.75) is 89.8 Å². The number of hydrogen-bond donors (Lipinski definition) is 0. The number of rotatable bonds is 20. The Kier molecular flexibility index (Phi) is 15.7. The van der Waals surface area contributed by atoms with Crippen molar-refractivity contribution in [2.75, 3.05) is 20.3 Å². The molecule has 0 fully saturated rings. The highest BCUT2D eigenvalue weighted by molar-refractivity contribution is 5.92. The smallest absolute Gasteiger partial charge is 0.425 e. The first-order valence-electron chi connectivity index (χ1n) is 16.2. The van der Waals surface area contributed by atoms with Gasteiger partial charge in [-0.3, -0.25) is 0 Å². The van der Waals surface area contributed by atoms with Gasteiger partial charge < -0.3 is 18.9 Å². The number of carbonyl (C=O) groups is 2. The second-order valence-corrected chi connectivity index (χ2v) is 11.4. The van der Waals surface area contributed by atoms with Gasteiger partial charge in [0.25, 0.3) is 0 Å². The molecule has 0 spiro atoms. The SMILES string of the molecule is CCCCCCCCCCOc1ccc(-c2ccc(C(=O)Oc3ccc(C(=O)O[C@H](CCCCOC)C(F)(F)F)cc3)cc2)cc1F. The van der Waals surface area contributed by atoms with E-state index < -0.39 is 30.0 Å². The minimum Gasteiger partial charge on any atom is -0.491 e. The van der Waals surface area contributed by atoms with Crippen molar-refractivity contribution in [3.63, 3.8) is 0 Å². The van der Waals surface area contributed by atoms with Crippen LogP contribution in [-0.4, -0.2) is 44.5 Å². The predicted molar refractivity (Wildman–Crippen MR) is 172 cm³/mol. The van der Waals surface area contributed by atoms with Crippen LogP contribution in [0.15, 0.2) is 66.7 Å². The zero-order chi connectivity index (χ0) is 34.1. The summed E-state index contributed by atoms with van der Waals surface area (Å²) in [6, 6.07) is 16.2. The van der Waals surface area contributed by atoms with Crippen LogP contribution in [0.4, 0.5) is 17.6 Å². The lowest BCUT2D eigenvalue weighted by Crippen LogP contribution is -2.34. The van der Waals surface area contributed by atoms with E-state index in [1.165, 1.54) is 81.7 Å². The Hall–Kier alpha value is -3.92. The van der Waals surface area contributed by atoms with Crippen LogP contribution in [0.25, 0.3) is 11.1 Å². The summed E-state index contributed by atoms with van der Waals surface area (Å²) in [4.78, 5) is 25.0. The van der Waals surface area contributed by atoms with Gasteiger partial charge in [0.2, 0.25) is 0 Å². The zero-order valence-corrected chi connectivity index (χ0v) is 27.1. The molecule has 0 saturated carbocycles. The van der Waals surface area contributed by atoms with Gasteiger partial charge in [-0.15, -0.1) is 0 Å². The molecule has 0 aromatic heterocycles. The van der Waals surface area contributed by atoms with Gasteiger partial charge in [-0.05, 0) is 85.3 Å². The second kappa shape index (κ2) is 19.7. The normalized spacial score (nSPS) is 12.0. The highest BCUT2D eigenvalue weighted by Gasteiger charge is 2.42. The van der Waals surface area contributed by atoms with Gasteiger partial charge in [0.1, 0.15) is 5.75 Å². The molecule has 0 radical (unpaired) electrons. The molecular weight excluding hydrogens is 616 g/mol. The molecule has 0 N–H and O–H groups in total. The summed E-state index contributed by atoms with van der Waals surface area (Å²) in [5.74, 6) is -1.99. The molecular formula is C37H44F4O6. The van der Waals surface area contributed by atoms with E-state index >= 15 is 0 Å². The number of carbonyl (C=O) groups excluding carboxylic acids is 2. The molecule has 256 valence electrons. The summed E-state index contributed by atoms with van der Waals surface area (Å²) in [6.45, 7) is 2.97. The summed E-state index contributed by atoms with van der Waals surface area (Å²) in [5.41, 5.74) is 1.42. The van der Waals surface area contributed by atoms with Gasteiger partial charge in [-0.25, -0.2) is 14.0 Å². The van der Waals surface area contributed by atoms with Crippen LogP contribution >= 0.6 is 0 Å². The van der Waals surface area contributed by atoms with Crippen LogP contribution in [0.1, 0.15) is 98.3 Å². The average molecular weight is 661 g/mol. The Morgan fingerprint density at radius 3 is 1.89 bits per heavy atom. The summed E-state index contributed by atoms with van der Waals surface area (Å²) >= 11 is 0. The van der Waals surface area contributed by atoms with E-state index in [1.807, 2.05) is 0 Å². The Morgan fingerprint density at radius 2 is 1.28 bits per heavy atom. The highest BCUT2D eigenvalue weighted by atomic mass is 19.4. The molecule has 0 amide bonds. The summed E-state index contributed by atoms with van der Waals surface area (Å²) < 4.78 is 75.3. The maximum absolute atomic E-state index is 14.7. The number of halogens is 4. The third kappa shape index (κ3) is 13.0. The third-order valence-corrected chi connectivity index (χ3v) is 7.62. The van der Waals surface area contributed by atoms with Crippen LogP contribution in [0.3, 0.4) is 0 Å². The molecule has 0 heterocycles. The number of alkyl halides is 3. The average Bonchev–Trinajstić information content (AvgIpc) is 3.05. The topological polar surface area (TPSA) is 71.1 Å². The molecule has 0 unspecified atom stereocenters. The molecule has 3 rings (SSSR count). The Balaban J connectivity index is 1.48.